The summed E-state index contributed by atoms with van der Waals surface area (Å²) in [5.41, 5.74) is 0.934. The molecule has 1 aliphatic carbocycles. The molecule has 0 spiro atoms. The van der Waals surface area contributed by atoms with Crippen LogP contribution in [0, 0.1) is 24.2 Å². The van der Waals surface area contributed by atoms with Crippen LogP contribution in [0.2, 0.25) is 0 Å². The van der Waals surface area contributed by atoms with Gasteiger partial charge in [0.1, 0.15) is 5.78 Å². The van der Waals surface area contributed by atoms with Crippen LogP contribution in [0.3, 0.4) is 0 Å². The first-order chi connectivity index (χ1) is 9.77. The summed E-state index contributed by atoms with van der Waals surface area (Å²) in [5.74, 6) is 0.937. The summed E-state index contributed by atoms with van der Waals surface area (Å²) in [6.45, 7) is 6.68. The molecule has 5 heteroatoms. The first-order valence-corrected chi connectivity index (χ1v) is 8.77. The maximum absolute atomic E-state index is 12.7. The second-order valence-corrected chi connectivity index (χ2v) is 8.56. The zero-order valence-electron chi connectivity index (χ0n) is 12.7. The molecule has 2 fully saturated rings. The van der Waals surface area contributed by atoms with Crippen LogP contribution in [0.25, 0.3) is 0 Å². The fourth-order valence-electron chi connectivity index (χ4n) is 3.87. The van der Waals surface area contributed by atoms with Crippen molar-refractivity contribution in [1.29, 1.82) is 0 Å². The molecule has 1 aromatic carbocycles. The first-order valence-electron chi connectivity index (χ1n) is 7.33. The highest BCUT2D eigenvalue weighted by Crippen LogP contribution is 2.65. The summed E-state index contributed by atoms with van der Waals surface area (Å²) >= 11 is 0. The van der Waals surface area contributed by atoms with Gasteiger partial charge in [0.25, 0.3) is 0 Å². The Hall–Kier alpha value is -1.20. The quantitative estimate of drug-likeness (QED) is 0.857. The fraction of sp³-hybridized carbons (Fsp3) is 0.562. The van der Waals surface area contributed by atoms with Gasteiger partial charge in [0, 0.05) is 19.5 Å². The Kier molecular flexibility index (Phi) is 3.26. The summed E-state index contributed by atoms with van der Waals surface area (Å²) in [5, 5.41) is 0. The normalized spacial score (nSPS) is 32.0. The third kappa shape index (κ3) is 2.23. The van der Waals surface area contributed by atoms with Gasteiger partial charge in [-0.25, -0.2) is 8.42 Å². The SMILES string of the molecule is CC(=O)CC12CN(S(=O)(=O)c3ccc(C)cc3)CC1C2C. The number of ketones is 1. The zero-order chi connectivity index (χ0) is 15.4. The number of Topliss-reactive ketones (excluding diaryl/α,β-unsaturated/α-hetero) is 1. The van der Waals surface area contributed by atoms with E-state index >= 15 is 0 Å². The number of carbonyl (C=O) groups is 1. The van der Waals surface area contributed by atoms with Crippen LogP contribution < -0.4 is 0 Å². The summed E-state index contributed by atoms with van der Waals surface area (Å²) < 4.78 is 26.9. The Bertz CT molecular complexity index is 680. The van der Waals surface area contributed by atoms with E-state index in [9.17, 15) is 13.2 Å². The zero-order valence-corrected chi connectivity index (χ0v) is 13.5. The minimum atomic E-state index is -3.43. The van der Waals surface area contributed by atoms with Gasteiger partial charge in [-0.2, -0.15) is 4.31 Å². The van der Waals surface area contributed by atoms with Crippen molar-refractivity contribution in [3.8, 4) is 0 Å². The maximum Gasteiger partial charge on any atom is 0.243 e. The standard InChI is InChI=1S/C16H21NO3S/c1-11-4-6-14(7-5-11)21(19,20)17-9-15-13(3)16(15,10-17)8-12(2)18/h4-7,13,15H,8-10H2,1-3H3. The molecule has 1 aliphatic heterocycles. The lowest BCUT2D eigenvalue weighted by molar-refractivity contribution is -0.118. The van der Waals surface area contributed by atoms with Gasteiger partial charge in [0.2, 0.25) is 10.0 Å². The number of piperidine rings is 1. The number of benzene rings is 1. The third-order valence-electron chi connectivity index (χ3n) is 5.25. The Labute approximate surface area is 126 Å². The molecule has 0 radical (unpaired) electrons. The Balaban J connectivity index is 1.83. The summed E-state index contributed by atoms with van der Waals surface area (Å²) in [6, 6.07) is 6.96. The lowest BCUT2D eigenvalue weighted by Gasteiger charge is -2.22. The van der Waals surface area contributed by atoms with E-state index < -0.39 is 10.0 Å². The molecule has 3 rings (SSSR count). The molecule has 21 heavy (non-hydrogen) atoms. The molecule has 3 unspecified atom stereocenters. The van der Waals surface area contributed by atoms with Gasteiger partial charge in [-0.1, -0.05) is 24.6 Å². The predicted molar refractivity (Wildman–Crippen MR) is 80.3 cm³/mol. The van der Waals surface area contributed by atoms with E-state index in [4.69, 9.17) is 0 Å². The van der Waals surface area contributed by atoms with Crippen molar-refractivity contribution in [3.05, 3.63) is 29.8 Å². The highest BCUT2D eigenvalue weighted by Gasteiger charge is 2.67. The number of aryl methyl sites for hydroxylation is 1. The topological polar surface area (TPSA) is 54.5 Å². The monoisotopic (exact) mass is 307 g/mol. The molecule has 0 bridgehead atoms. The summed E-state index contributed by atoms with van der Waals surface area (Å²) in [7, 11) is -3.43. The van der Waals surface area contributed by atoms with Crippen LogP contribution in [0.5, 0.6) is 0 Å². The molecule has 114 valence electrons. The molecule has 1 aromatic rings. The van der Waals surface area contributed by atoms with Crippen LogP contribution >= 0.6 is 0 Å². The Morgan fingerprint density at radius 3 is 2.52 bits per heavy atom. The van der Waals surface area contributed by atoms with E-state index in [0.29, 0.717) is 36.2 Å². The number of rotatable bonds is 4. The van der Waals surface area contributed by atoms with Crippen LogP contribution in [0.15, 0.2) is 29.2 Å². The smallest absolute Gasteiger partial charge is 0.243 e. The fourth-order valence-corrected chi connectivity index (χ4v) is 5.41. The molecule has 0 aromatic heterocycles. The molecule has 2 aliphatic rings. The van der Waals surface area contributed by atoms with E-state index in [1.165, 1.54) is 0 Å². The van der Waals surface area contributed by atoms with Crippen molar-refractivity contribution in [3.63, 3.8) is 0 Å². The molecule has 1 saturated carbocycles. The average molecular weight is 307 g/mol. The number of hydrogen-bond donors (Lipinski definition) is 0. The van der Waals surface area contributed by atoms with Crippen molar-refractivity contribution in [2.24, 2.45) is 17.3 Å². The van der Waals surface area contributed by atoms with Crippen LogP contribution in [0.4, 0.5) is 0 Å². The molecular formula is C16H21NO3S. The minimum absolute atomic E-state index is 0.108. The van der Waals surface area contributed by atoms with Gasteiger partial charge in [0.05, 0.1) is 4.90 Å². The molecule has 0 amide bonds. The van der Waals surface area contributed by atoms with Gasteiger partial charge >= 0.3 is 0 Å². The lowest BCUT2D eigenvalue weighted by atomic mass is 9.97. The van der Waals surface area contributed by atoms with Gasteiger partial charge < -0.3 is 4.79 Å². The number of fused-ring (bicyclic) bond motifs is 1. The third-order valence-corrected chi connectivity index (χ3v) is 7.07. The predicted octanol–water partition coefficient (Wildman–Crippen LogP) is 2.23. The molecule has 4 nitrogen and oxygen atoms in total. The van der Waals surface area contributed by atoms with Crippen LogP contribution in [-0.2, 0) is 14.8 Å². The van der Waals surface area contributed by atoms with Gasteiger partial charge in [-0.15, -0.1) is 0 Å². The highest BCUT2D eigenvalue weighted by molar-refractivity contribution is 7.89. The second-order valence-electron chi connectivity index (χ2n) is 6.62. The minimum Gasteiger partial charge on any atom is -0.300 e. The van der Waals surface area contributed by atoms with Crippen LogP contribution in [0.1, 0.15) is 25.8 Å². The molecule has 3 atom stereocenters. The number of sulfonamides is 1. The lowest BCUT2D eigenvalue weighted by Crippen LogP contribution is -2.33. The number of hydrogen-bond acceptors (Lipinski definition) is 3. The maximum atomic E-state index is 12.7. The van der Waals surface area contributed by atoms with Gasteiger partial charge in [-0.3, -0.25) is 0 Å². The van der Waals surface area contributed by atoms with Crippen molar-refractivity contribution in [1.82, 2.24) is 4.31 Å². The van der Waals surface area contributed by atoms with Crippen molar-refractivity contribution < 1.29 is 13.2 Å². The van der Waals surface area contributed by atoms with Gasteiger partial charge in [-0.05, 0) is 43.2 Å². The van der Waals surface area contributed by atoms with Gasteiger partial charge in [0.15, 0.2) is 0 Å². The second kappa shape index (κ2) is 4.65. The van der Waals surface area contributed by atoms with Crippen molar-refractivity contribution in [2.45, 2.75) is 32.1 Å². The van der Waals surface area contributed by atoms with E-state index in [0.717, 1.165) is 5.56 Å². The largest absolute Gasteiger partial charge is 0.300 e. The molecule has 1 saturated heterocycles. The average Bonchev–Trinajstić information content (AvgIpc) is 2.78. The summed E-state index contributed by atoms with van der Waals surface area (Å²) in [6.07, 6.45) is 0.499. The molecule has 0 N–H and O–H groups in total. The summed E-state index contributed by atoms with van der Waals surface area (Å²) in [4.78, 5) is 11.8. The van der Waals surface area contributed by atoms with Crippen molar-refractivity contribution in [2.75, 3.05) is 13.1 Å². The molecule has 1 heterocycles. The Morgan fingerprint density at radius 2 is 1.95 bits per heavy atom. The van der Waals surface area contributed by atoms with E-state index in [2.05, 4.69) is 6.92 Å². The number of carbonyl (C=O) groups excluding carboxylic acids is 1. The van der Waals surface area contributed by atoms with E-state index in [1.54, 1.807) is 23.4 Å². The number of nitrogens with zero attached hydrogens (tertiary/aromatic N) is 1. The van der Waals surface area contributed by atoms with E-state index in [-0.39, 0.29) is 11.2 Å². The highest BCUT2D eigenvalue weighted by atomic mass is 32.2. The van der Waals surface area contributed by atoms with E-state index in [1.807, 2.05) is 19.1 Å². The molecular weight excluding hydrogens is 286 g/mol. The first kappa shape index (κ1) is 14.7. The Morgan fingerprint density at radius 1 is 1.33 bits per heavy atom. The van der Waals surface area contributed by atoms with Crippen LogP contribution in [-0.4, -0.2) is 31.6 Å². The van der Waals surface area contributed by atoms with Crippen molar-refractivity contribution >= 4 is 15.8 Å².